The number of fused-ring (bicyclic) bond motifs is 2. The summed E-state index contributed by atoms with van der Waals surface area (Å²) >= 11 is 0. The Morgan fingerprint density at radius 1 is 0.900 bits per heavy atom. The Labute approximate surface area is 172 Å². The second kappa shape index (κ2) is 7.40. The molecule has 3 heterocycles. The number of aromatic nitrogens is 4. The highest BCUT2D eigenvalue weighted by atomic mass is 16.2. The smallest absolute Gasteiger partial charge is 0.311 e. The number of nitrogens with zero attached hydrogens (tertiary/aromatic N) is 4. The van der Waals surface area contributed by atoms with Crippen LogP contribution in [-0.2, 0) is 26.9 Å². The van der Waals surface area contributed by atoms with Crippen LogP contribution in [0.15, 0.2) is 57.0 Å². The van der Waals surface area contributed by atoms with Gasteiger partial charge in [-0.15, -0.1) is 0 Å². The zero-order valence-corrected chi connectivity index (χ0v) is 17.5. The number of hydrogen-bond donors (Lipinski definition) is 0. The van der Waals surface area contributed by atoms with Gasteiger partial charge in [0, 0.05) is 31.4 Å². The summed E-state index contributed by atoms with van der Waals surface area (Å²) in [5.41, 5.74) is 2.13. The van der Waals surface area contributed by atoms with Crippen LogP contribution in [0.4, 0.5) is 0 Å². The first-order valence-corrected chi connectivity index (χ1v) is 9.97. The molecule has 0 N–H and O–H groups in total. The van der Waals surface area contributed by atoms with Gasteiger partial charge >= 0.3 is 5.69 Å². The Bertz CT molecular complexity index is 1460. The molecule has 154 valence electrons. The van der Waals surface area contributed by atoms with Crippen LogP contribution in [-0.4, -0.2) is 18.7 Å². The third-order valence-electron chi connectivity index (χ3n) is 5.62. The lowest BCUT2D eigenvalue weighted by molar-refractivity contribution is 0.532. The van der Waals surface area contributed by atoms with E-state index >= 15 is 0 Å². The third kappa shape index (κ3) is 3.16. The number of pyridine rings is 2. The van der Waals surface area contributed by atoms with E-state index in [2.05, 4.69) is 4.98 Å². The van der Waals surface area contributed by atoms with Gasteiger partial charge in [-0.2, -0.15) is 0 Å². The average Bonchev–Trinajstić information content (AvgIpc) is 2.73. The topological polar surface area (TPSA) is 78.9 Å². The summed E-state index contributed by atoms with van der Waals surface area (Å²) in [6.07, 6.45) is 2.60. The predicted octanol–water partition coefficient (Wildman–Crippen LogP) is 2.31. The van der Waals surface area contributed by atoms with Gasteiger partial charge in [0.1, 0.15) is 0 Å². The summed E-state index contributed by atoms with van der Waals surface area (Å²) in [6, 6.07) is 11.2. The van der Waals surface area contributed by atoms with Crippen LogP contribution in [0, 0.1) is 0 Å². The lowest BCUT2D eigenvalue weighted by atomic mass is 10.1. The first-order chi connectivity index (χ1) is 14.3. The van der Waals surface area contributed by atoms with Gasteiger partial charge in [0.15, 0.2) is 0 Å². The molecule has 0 fully saturated rings. The fraction of sp³-hybridized carbons (Fsp3) is 0.304. The minimum absolute atomic E-state index is 0.0287. The van der Waals surface area contributed by atoms with E-state index in [0.717, 1.165) is 10.9 Å². The van der Waals surface area contributed by atoms with E-state index < -0.39 is 0 Å². The number of aryl methyl sites for hydroxylation is 4. The molecule has 0 saturated carbocycles. The van der Waals surface area contributed by atoms with Crippen LogP contribution < -0.4 is 16.8 Å². The summed E-state index contributed by atoms with van der Waals surface area (Å²) in [4.78, 5) is 42.5. The molecule has 0 saturated heterocycles. The van der Waals surface area contributed by atoms with Crippen molar-refractivity contribution < 1.29 is 0 Å². The first-order valence-electron chi connectivity index (χ1n) is 9.97. The second-order valence-corrected chi connectivity index (χ2v) is 7.90. The standard InChI is InChI=1S/C23H24N4O3/c1-14(2)27-22(29)18-12-17(24-13-20(18)26(4)23(27)30)10-9-16-11-15-7-5-6-8-19(15)25(3)21(16)28/h5-8,11-14H,9-10H2,1-4H3. The van der Waals surface area contributed by atoms with Crippen LogP contribution >= 0.6 is 0 Å². The monoisotopic (exact) mass is 404 g/mol. The second-order valence-electron chi connectivity index (χ2n) is 7.90. The molecule has 0 aliphatic heterocycles. The van der Waals surface area contributed by atoms with Gasteiger partial charge in [-0.3, -0.25) is 23.7 Å². The highest BCUT2D eigenvalue weighted by Crippen LogP contribution is 2.15. The van der Waals surface area contributed by atoms with E-state index in [1.165, 1.54) is 9.13 Å². The molecule has 0 bridgehead atoms. The SMILES string of the molecule is CC(C)n1c(=O)c2cc(CCc3cc4ccccc4n(C)c3=O)ncc2n(C)c1=O. The number of rotatable bonds is 4. The molecule has 0 amide bonds. The molecular formula is C23H24N4O3. The van der Waals surface area contributed by atoms with Crippen molar-refractivity contribution in [2.24, 2.45) is 14.1 Å². The number of para-hydroxylation sites is 1. The molecular weight excluding hydrogens is 380 g/mol. The molecule has 3 aromatic heterocycles. The first kappa shape index (κ1) is 19.8. The average molecular weight is 404 g/mol. The van der Waals surface area contributed by atoms with Crippen molar-refractivity contribution in [1.82, 2.24) is 18.7 Å². The van der Waals surface area contributed by atoms with Gasteiger partial charge in [-0.1, -0.05) is 18.2 Å². The van der Waals surface area contributed by atoms with E-state index in [1.807, 2.05) is 44.2 Å². The van der Waals surface area contributed by atoms with Gasteiger partial charge in [0.05, 0.1) is 22.6 Å². The van der Waals surface area contributed by atoms with Crippen LogP contribution in [0.25, 0.3) is 21.8 Å². The molecule has 0 unspecified atom stereocenters. The Kier molecular flexibility index (Phi) is 4.89. The Morgan fingerprint density at radius 2 is 1.63 bits per heavy atom. The maximum Gasteiger partial charge on any atom is 0.331 e. The van der Waals surface area contributed by atoms with Crippen molar-refractivity contribution in [2.75, 3.05) is 0 Å². The molecule has 0 radical (unpaired) electrons. The molecule has 0 atom stereocenters. The maximum absolute atomic E-state index is 12.9. The van der Waals surface area contributed by atoms with Crippen molar-refractivity contribution in [3.63, 3.8) is 0 Å². The maximum atomic E-state index is 12.9. The van der Waals surface area contributed by atoms with Crippen LogP contribution in [0.3, 0.4) is 0 Å². The summed E-state index contributed by atoms with van der Waals surface area (Å²) in [5.74, 6) is 0. The minimum Gasteiger partial charge on any atom is -0.311 e. The van der Waals surface area contributed by atoms with E-state index in [-0.39, 0.29) is 22.9 Å². The minimum atomic E-state index is -0.350. The van der Waals surface area contributed by atoms with Gasteiger partial charge < -0.3 is 4.57 Å². The highest BCUT2D eigenvalue weighted by Gasteiger charge is 2.14. The van der Waals surface area contributed by atoms with Crippen molar-refractivity contribution >= 4 is 21.8 Å². The van der Waals surface area contributed by atoms with Gasteiger partial charge in [0.25, 0.3) is 11.1 Å². The Balaban J connectivity index is 1.75. The zero-order valence-electron chi connectivity index (χ0n) is 17.5. The van der Waals surface area contributed by atoms with Crippen molar-refractivity contribution in [3.05, 3.63) is 85.0 Å². The lowest BCUT2D eigenvalue weighted by Crippen LogP contribution is -2.40. The van der Waals surface area contributed by atoms with Crippen molar-refractivity contribution in [2.45, 2.75) is 32.7 Å². The fourth-order valence-electron chi connectivity index (χ4n) is 3.93. The zero-order chi connectivity index (χ0) is 21.6. The summed E-state index contributed by atoms with van der Waals surface area (Å²) < 4.78 is 4.37. The lowest BCUT2D eigenvalue weighted by Gasteiger charge is -2.13. The van der Waals surface area contributed by atoms with Crippen molar-refractivity contribution in [1.29, 1.82) is 0 Å². The quantitative estimate of drug-likeness (QED) is 0.523. The number of hydrogen-bond acceptors (Lipinski definition) is 4. The van der Waals surface area contributed by atoms with Crippen LogP contribution in [0.1, 0.15) is 31.1 Å². The van der Waals surface area contributed by atoms with E-state index in [1.54, 1.807) is 30.9 Å². The van der Waals surface area contributed by atoms with E-state index in [0.29, 0.717) is 35.0 Å². The normalized spacial score (nSPS) is 11.6. The summed E-state index contributed by atoms with van der Waals surface area (Å²) in [6.45, 7) is 3.62. The summed E-state index contributed by atoms with van der Waals surface area (Å²) in [7, 11) is 3.42. The Morgan fingerprint density at radius 3 is 2.37 bits per heavy atom. The predicted molar refractivity (Wildman–Crippen MR) is 118 cm³/mol. The summed E-state index contributed by atoms with van der Waals surface area (Å²) in [5, 5.41) is 1.47. The fourth-order valence-corrected chi connectivity index (χ4v) is 3.93. The van der Waals surface area contributed by atoms with Gasteiger partial charge in [-0.05, 0) is 50.3 Å². The molecule has 0 aliphatic carbocycles. The van der Waals surface area contributed by atoms with Crippen LogP contribution in [0.5, 0.6) is 0 Å². The molecule has 7 nitrogen and oxygen atoms in total. The highest BCUT2D eigenvalue weighted by molar-refractivity contribution is 5.79. The van der Waals surface area contributed by atoms with Gasteiger partial charge in [0.2, 0.25) is 0 Å². The molecule has 0 aliphatic rings. The molecule has 1 aromatic carbocycles. The van der Waals surface area contributed by atoms with Crippen LogP contribution in [0.2, 0.25) is 0 Å². The third-order valence-corrected chi connectivity index (χ3v) is 5.62. The van der Waals surface area contributed by atoms with E-state index in [9.17, 15) is 14.4 Å². The van der Waals surface area contributed by atoms with Crippen molar-refractivity contribution in [3.8, 4) is 0 Å². The van der Waals surface area contributed by atoms with Gasteiger partial charge in [-0.25, -0.2) is 4.79 Å². The molecule has 4 aromatic rings. The molecule has 7 heteroatoms. The molecule has 0 spiro atoms. The largest absolute Gasteiger partial charge is 0.331 e. The van der Waals surface area contributed by atoms with E-state index in [4.69, 9.17) is 0 Å². The number of benzene rings is 1. The molecule has 4 rings (SSSR count). The Hall–Kier alpha value is -3.48. The molecule has 30 heavy (non-hydrogen) atoms.